The number of aromatic nitrogens is 1. The number of nitrogens with one attached hydrogen (secondary N) is 1. The van der Waals surface area contributed by atoms with E-state index in [4.69, 9.17) is 4.74 Å². The molecule has 0 aliphatic heterocycles. The van der Waals surface area contributed by atoms with Gasteiger partial charge in [-0.2, -0.15) is 0 Å². The molecule has 1 aromatic heterocycles. The summed E-state index contributed by atoms with van der Waals surface area (Å²) in [5.74, 6) is -0.271. The lowest BCUT2D eigenvalue weighted by molar-refractivity contribution is -0.385. The number of carbonyl (C=O) groups is 1. The molecule has 3 aromatic rings. The highest BCUT2D eigenvalue weighted by Crippen LogP contribution is 2.36. The van der Waals surface area contributed by atoms with Crippen LogP contribution in [0.1, 0.15) is 5.56 Å². The molecule has 0 saturated heterocycles. The maximum Gasteiger partial charge on any atom is 0.274 e. The van der Waals surface area contributed by atoms with E-state index >= 15 is 0 Å². The predicted molar refractivity (Wildman–Crippen MR) is 104 cm³/mol. The number of amides is 1. The number of thiazole rings is 1. The third-order valence-corrected chi connectivity index (χ3v) is 4.53. The van der Waals surface area contributed by atoms with E-state index in [9.17, 15) is 25.0 Å². The molecule has 11 heteroatoms. The van der Waals surface area contributed by atoms with Crippen molar-refractivity contribution in [3.63, 3.8) is 0 Å². The molecule has 1 N–H and O–H groups in total. The van der Waals surface area contributed by atoms with Crippen molar-refractivity contribution in [2.24, 2.45) is 0 Å². The second-order valence-electron chi connectivity index (χ2n) is 5.45. The molecule has 28 heavy (non-hydrogen) atoms. The number of nitrogens with zero attached hydrogens (tertiary/aromatic N) is 3. The Kier molecular flexibility index (Phi) is 5.27. The summed E-state index contributed by atoms with van der Waals surface area (Å²) in [5, 5.41) is 24.6. The minimum Gasteiger partial charge on any atom is -0.494 e. The minimum absolute atomic E-state index is 0.0811. The number of rotatable bonds is 6. The van der Waals surface area contributed by atoms with Gasteiger partial charge >= 0.3 is 0 Å². The molecule has 2 aromatic carbocycles. The Balaban J connectivity index is 1.80. The molecule has 0 bridgehead atoms. The highest BCUT2D eigenvalue weighted by molar-refractivity contribution is 7.22. The van der Waals surface area contributed by atoms with Crippen molar-refractivity contribution in [3.8, 4) is 5.75 Å². The normalized spacial score (nSPS) is 10.9. The molecule has 0 spiro atoms. The first-order chi connectivity index (χ1) is 13.4. The van der Waals surface area contributed by atoms with Crippen LogP contribution in [0.15, 0.2) is 42.5 Å². The Labute approximate surface area is 161 Å². The van der Waals surface area contributed by atoms with Gasteiger partial charge in [-0.1, -0.05) is 23.5 Å². The number of nitro groups is 2. The zero-order chi connectivity index (χ0) is 20.3. The van der Waals surface area contributed by atoms with Gasteiger partial charge in [-0.15, -0.1) is 0 Å². The summed E-state index contributed by atoms with van der Waals surface area (Å²) in [6.45, 7) is 0. The van der Waals surface area contributed by atoms with E-state index in [1.54, 1.807) is 6.07 Å². The summed E-state index contributed by atoms with van der Waals surface area (Å²) in [6, 6.07) is 8.44. The Bertz CT molecular complexity index is 1120. The van der Waals surface area contributed by atoms with Crippen molar-refractivity contribution < 1.29 is 19.4 Å². The molecule has 0 fully saturated rings. The molecule has 0 atom stereocenters. The van der Waals surface area contributed by atoms with Gasteiger partial charge in [0.1, 0.15) is 5.52 Å². The fourth-order valence-corrected chi connectivity index (χ4v) is 3.28. The number of nitro benzene ring substituents is 2. The highest BCUT2D eigenvalue weighted by atomic mass is 32.1. The van der Waals surface area contributed by atoms with Gasteiger partial charge in [-0.3, -0.25) is 30.3 Å². The van der Waals surface area contributed by atoms with Crippen LogP contribution in [0.4, 0.5) is 16.5 Å². The molecule has 1 heterocycles. The van der Waals surface area contributed by atoms with Crippen LogP contribution < -0.4 is 10.1 Å². The third-order valence-electron chi connectivity index (χ3n) is 3.61. The molecule has 0 saturated carbocycles. The zero-order valence-corrected chi connectivity index (χ0v) is 15.1. The van der Waals surface area contributed by atoms with Gasteiger partial charge < -0.3 is 4.74 Å². The smallest absolute Gasteiger partial charge is 0.274 e. The molecule has 142 valence electrons. The molecule has 3 rings (SSSR count). The maximum absolute atomic E-state index is 12.1. The first-order valence-electron chi connectivity index (χ1n) is 7.74. The monoisotopic (exact) mass is 400 g/mol. The van der Waals surface area contributed by atoms with Crippen LogP contribution >= 0.6 is 11.3 Å². The summed E-state index contributed by atoms with van der Waals surface area (Å²) >= 11 is 1.06. The van der Waals surface area contributed by atoms with Crippen LogP contribution in [0.3, 0.4) is 0 Å². The fourth-order valence-electron chi connectivity index (χ4n) is 2.36. The first-order valence-corrected chi connectivity index (χ1v) is 8.55. The van der Waals surface area contributed by atoms with Gasteiger partial charge in [0.05, 0.1) is 27.7 Å². The molecule has 0 aliphatic rings. The molecule has 1 amide bonds. The average molecular weight is 400 g/mol. The number of non-ortho nitro benzene ring substituents is 2. The average Bonchev–Trinajstić information content (AvgIpc) is 3.07. The molecular weight excluding hydrogens is 388 g/mol. The van der Waals surface area contributed by atoms with Gasteiger partial charge in [0.25, 0.3) is 11.4 Å². The second kappa shape index (κ2) is 7.80. The van der Waals surface area contributed by atoms with E-state index in [1.807, 2.05) is 0 Å². The topological polar surface area (TPSA) is 138 Å². The lowest BCUT2D eigenvalue weighted by Crippen LogP contribution is -2.07. The first kappa shape index (κ1) is 18.9. The van der Waals surface area contributed by atoms with E-state index in [1.165, 1.54) is 49.6 Å². The second-order valence-corrected chi connectivity index (χ2v) is 6.48. The number of fused-ring (bicyclic) bond motifs is 1. The predicted octanol–water partition coefficient (Wildman–Crippen LogP) is 3.77. The Morgan fingerprint density at radius 2 is 1.93 bits per heavy atom. The summed E-state index contributed by atoms with van der Waals surface area (Å²) < 4.78 is 5.62. The molecule has 10 nitrogen and oxygen atoms in total. The van der Waals surface area contributed by atoms with E-state index in [0.717, 1.165) is 11.3 Å². The van der Waals surface area contributed by atoms with Crippen LogP contribution in [0.2, 0.25) is 0 Å². The maximum atomic E-state index is 12.1. The van der Waals surface area contributed by atoms with Crippen LogP contribution in [0, 0.1) is 20.2 Å². The van der Waals surface area contributed by atoms with Gasteiger partial charge in [0.2, 0.25) is 5.91 Å². The quantitative estimate of drug-likeness (QED) is 0.377. The Morgan fingerprint density at radius 3 is 2.61 bits per heavy atom. The molecule has 0 unspecified atom stereocenters. The van der Waals surface area contributed by atoms with Gasteiger partial charge in [0.15, 0.2) is 10.9 Å². The summed E-state index contributed by atoms with van der Waals surface area (Å²) in [4.78, 5) is 37.1. The highest BCUT2D eigenvalue weighted by Gasteiger charge is 2.17. The SMILES string of the molecule is COc1cc([N+](=O)[O-])cc2sc(NC(=O)/C=C/c3cccc([N+](=O)[O-])c3)nc12. The molecule has 0 radical (unpaired) electrons. The number of hydrogen-bond acceptors (Lipinski definition) is 8. The summed E-state index contributed by atoms with van der Waals surface area (Å²) in [6.07, 6.45) is 2.64. The number of anilines is 1. The zero-order valence-electron chi connectivity index (χ0n) is 14.3. The van der Waals surface area contributed by atoms with Crippen molar-refractivity contribution in [1.29, 1.82) is 0 Å². The lowest BCUT2D eigenvalue weighted by atomic mass is 10.2. The third kappa shape index (κ3) is 4.10. The lowest BCUT2D eigenvalue weighted by Gasteiger charge is -2.00. The van der Waals surface area contributed by atoms with Crippen molar-refractivity contribution in [2.75, 3.05) is 12.4 Å². The van der Waals surface area contributed by atoms with Crippen molar-refractivity contribution >= 4 is 50.0 Å². The van der Waals surface area contributed by atoms with E-state index in [-0.39, 0.29) is 22.3 Å². The van der Waals surface area contributed by atoms with E-state index in [2.05, 4.69) is 10.3 Å². The van der Waals surface area contributed by atoms with Crippen molar-refractivity contribution in [1.82, 2.24) is 4.98 Å². The van der Waals surface area contributed by atoms with E-state index in [0.29, 0.717) is 15.8 Å². The Morgan fingerprint density at radius 1 is 1.18 bits per heavy atom. The van der Waals surface area contributed by atoms with Crippen LogP contribution in [-0.2, 0) is 4.79 Å². The van der Waals surface area contributed by atoms with Crippen LogP contribution in [-0.4, -0.2) is 27.8 Å². The number of hydrogen-bond donors (Lipinski definition) is 1. The number of benzene rings is 2. The van der Waals surface area contributed by atoms with Gasteiger partial charge in [-0.05, 0) is 11.6 Å². The van der Waals surface area contributed by atoms with Gasteiger partial charge in [-0.25, -0.2) is 4.98 Å². The number of ether oxygens (including phenoxy) is 1. The Hall–Kier alpha value is -3.86. The summed E-state index contributed by atoms with van der Waals surface area (Å²) in [7, 11) is 1.37. The van der Waals surface area contributed by atoms with Crippen molar-refractivity contribution in [3.05, 3.63) is 68.3 Å². The fraction of sp³-hybridized carbons (Fsp3) is 0.0588. The van der Waals surface area contributed by atoms with Gasteiger partial charge in [0, 0.05) is 24.3 Å². The number of carbonyl (C=O) groups excluding carboxylic acids is 1. The van der Waals surface area contributed by atoms with Crippen LogP contribution in [0.25, 0.3) is 16.3 Å². The largest absolute Gasteiger partial charge is 0.494 e. The minimum atomic E-state index is -0.540. The molecular formula is C17H12N4O6S. The summed E-state index contributed by atoms with van der Waals surface area (Å²) in [5.41, 5.74) is 0.667. The van der Waals surface area contributed by atoms with E-state index < -0.39 is 15.8 Å². The standard InChI is InChI=1S/C17H12N4O6S/c1-27-13-8-12(21(25)26)9-14-16(13)19-17(28-14)18-15(22)6-5-10-3-2-4-11(7-10)20(23)24/h2-9H,1H3,(H,18,19,22)/b6-5+. The van der Waals surface area contributed by atoms with Crippen LogP contribution in [0.5, 0.6) is 5.75 Å². The molecule has 0 aliphatic carbocycles. The number of methoxy groups -OCH3 is 1. The van der Waals surface area contributed by atoms with Crippen molar-refractivity contribution in [2.45, 2.75) is 0 Å².